The summed E-state index contributed by atoms with van der Waals surface area (Å²) in [6.07, 6.45) is 4.53. The van der Waals surface area contributed by atoms with Crippen molar-refractivity contribution in [1.29, 1.82) is 0 Å². The van der Waals surface area contributed by atoms with Gasteiger partial charge >= 0.3 is 0 Å². The van der Waals surface area contributed by atoms with Crippen molar-refractivity contribution in [1.82, 2.24) is 5.01 Å². The highest BCUT2D eigenvalue weighted by molar-refractivity contribution is 5.82. The van der Waals surface area contributed by atoms with E-state index in [2.05, 4.69) is 54.2 Å². The van der Waals surface area contributed by atoms with Crippen molar-refractivity contribution >= 4 is 11.9 Å². The quantitative estimate of drug-likeness (QED) is 0.744. The van der Waals surface area contributed by atoms with E-state index in [0.717, 1.165) is 13.1 Å². The Labute approximate surface area is 104 Å². The molecule has 3 heteroatoms. The first-order chi connectivity index (χ1) is 8.16. The minimum Gasteiger partial charge on any atom is -0.378 e. The van der Waals surface area contributed by atoms with Crippen molar-refractivity contribution in [3.63, 3.8) is 0 Å². The topological polar surface area (TPSA) is 18.8 Å². The fraction of sp³-hybridized carbons (Fsp3) is 0.500. The van der Waals surface area contributed by atoms with Gasteiger partial charge in [0.2, 0.25) is 0 Å². The minimum atomic E-state index is 1.10. The van der Waals surface area contributed by atoms with Crippen LogP contribution in [0.15, 0.2) is 23.3 Å². The average molecular weight is 231 g/mol. The fourth-order valence-electron chi connectivity index (χ4n) is 2.04. The lowest BCUT2D eigenvalue weighted by molar-refractivity contribution is 0.362. The van der Waals surface area contributed by atoms with Crippen LogP contribution in [0.5, 0.6) is 0 Å². The molecule has 0 saturated carbocycles. The molecule has 0 spiro atoms. The molecular weight excluding hydrogens is 210 g/mol. The van der Waals surface area contributed by atoms with Crippen LogP contribution < -0.4 is 4.90 Å². The maximum atomic E-state index is 4.52. The van der Waals surface area contributed by atoms with Gasteiger partial charge in [-0.15, -0.1) is 0 Å². The van der Waals surface area contributed by atoms with Gasteiger partial charge in [0.1, 0.15) is 0 Å². The van der Waals surface area contributed by atoms with Gasteiger partial charge in [0.05, 0.1) is 6.21 Å². The van der Waals surface area contributed by atoms with Crippen molar-refractivity contribution < 1.29 is 0 Å². The Balaban J connectivity index is 2.10. The zero-order chi connectivity index (χ0) is 12.3. The lowest BCUT2D eigenvalue weighted by atomic mass is 10.1. The van der Waals surface area contributed by atoms with Crippen LogP contribution in [0.4, 0.5) is 5.69 Å². The molecule has 0 atom stereocenters. The second kappa shape index (κ2) is 5.21. The lowest BCUT2D eigenvalue weighted by Gasteiger charge is -2.14. The van der Waals surface area contributed by atoms with Crippen LogP contribution in [-0.4, -0.2) is 38.4 Å². The Morgan fingerprint density at radius 2 is 1.94 bits per heavy atom. The van der Waals surface area contributed by atoms with Crippen molar-refractivity contribution in [2.45, 2.75) is 19.8 Å². The van der Waals surface area contributed by atoms with Crippen molar-refractivity contribution in [2.24, 2.45) is 5.10 Å². The van der Waals surface area contributed by atoms with Gasteiger partial charge in [-0.3, -0.25) is 5.01 Å². The monoisotopic (exact) mass is 231 g/mol. The Bertz CT molecular complexity index is 404. The fourth-order valence-corrected chi connectivity index (χ4v) is 2.04. The average Bonchev–Trinajstić information content (AvgIpc) is 2.80. The van der Waals surface area contributed by atoms with E-state index in [-0.39, 0.29) is 0 Å². The van der Waals surface area contributed by atoms with Crippen LogP contribution in [0, 0.1) is 6.92 Å². The Hall–Kier alpha value is -1.51. The number of rotatable bonds is 3. The van der Waals surface area contributed by atoms with Gasteiger partial charge in [-0.1, -0.05) is 6.07 Å². The van der Waals surface area contributed by atoms with Crippen molar-refractivity contribution in [2.75, 3.05) is 32.1 Å². The maximum Gasteiger partial charge on any atom is 0.0545 e. The molecule has 0 unspecified atom stereocenters. The van der Waals surface area contributed by atoms with Crippen LogP contribution >= 0.6 is 0 Å². The molecule has 17 heavy (non-hydrogen) atoms. The van der Waals surface area contributed by atoms with Gasteiger partial charge in [0.15, 0.2) is 0 Å². The number of aryl methyl sites for hydroxylation is 1. The molecule has 0 aliphatic carbocycles. The second-order valence-electron chi connectivity index (χ2n) is 4.84. The zero-order valence-corrected chi connectivity index (χ0v) is 11.0. The van der Waals surface area contributed by atoms with Crippen LogP contribution in [0.2, 0.25) is 0 Å². The molecule has 1 heterocycles. The third kappa shape index (κ3) is 2.99. The van der Waals surface area contributed by atoms with E-state index in [4.69, 9.17) is 0 Å². The number of hydrogen-bond donors (Lipinski definition) is 0. The Morgan fingerprint density at radius 1 is 1.24 bits per heavy atom. The standard InChI is InChI=1S/C14H21N3/c1-12-10-14(16(2)3)7-6-13(12)11-15-17-8-4-5-9-17/h6-7,10-11H,4-5,8-9H2,1-3H3. The predicted octanol–water partition coefficient (Wildman–Crippen LogP) is 2.49. The highest BCUT2D eigenvalue weighted by Gasteiger charge is 2.07. The molecule has 1 aromatic carbocycles. The summed E-state index contributed by atoms with van der Waals surface area (Å²) in [5.74, 6) is 0. The Kier molecular flexibility index (Phi) is 3.67. The Morgan fingerprint density at radius 3 is 2.53 bits per heavy atom. The summed E-state index contributed by atoms with van der Waals surface area (Å²) in [7, 11) is 4.12. The molecule has 3 nitrogen and oxygen atoms in total. The van der Waals surface area contributed by atoms with E-state index in [1.54, 1.807) is 0 Å². The third-order valence-electron chi connectivity index (χ3n) is 3.21. The molecule has 0 amide bonds. The molecule has 2 rings (SSSR count). The third-order valence-corrected chi connectivity index (χ3v) is 3.21. The molecule has 92 valence electrons. The van der Waals surface area contributed by atoms with Crippen LogP contribution in [0.3, 0.4) is 0 Å². The van der Waals surface area contributed by atoms with Crippen molar-refractivity contribution in [3.05, 3.63) is 29.3 Å². The molecule has 1 fully saturated rings. The molecular formula is C14H21N3. The van der Waals surface area contributed by atoms with E-state index in [0.29, 0.717) is 0 Å². The summed E-state index contributed by atoms with van der Waals surface area (Å²) in [6, 6.07) is 6.48. The molecule has 0 radical (unpaired) electrons. The number of benzene rings is 1. The zero-order valence-electron chi connectivity index (χ0n) is 11.0. The van der Waals surface area contributed by atoms with E-state index < -0.39 is 0 Å². The molecule has 1 aromatic rings. The summed E-state index contributed by atoms with van der Waals surface area (Å²) in [4.78, 5) is 2.12. The van der Waals surface area contributed by atoms with Gasteiger partial charge in [0, 0.05) is 32.9 Å². The summed E-state index contributed by atoms with van der Waals surface area (Å²) in [5, 5.41) is 6.68. The summed E-state index contributed by atoms with van der Waals surface area (Å²) in [6.45, 7) is 4.34. The van der Waals surface area contributed by atoms with E-state index in [1.165, 1.54) is 29.7 Å². The number of nitrogens with zero attached hydrogens (tertiary/aromatic N) is 3. The molecule has 1 aliphatic heterocycles. The van der Waals surface area contributed by atoms with Gasteiger partial charge in [0.25, 0.3) is 0 Å². The van der Waals surface area contributed by atoms with Crippen molar-refractivity contribution in [3.8, 4) is 0 Å². The first-order valence-corrected chi connectivity index (χ1v) is 6.24. The second-order valence-corrected chi connectivity index (χ2v) is 4.84. The first-order valence-electron chi connectivity index (χ1n) is 6.24. The predicted molar refractivity (Wildman–Crippen MR) is 73.9 cm³/mol. The number of hydrazone groups is 1. The molecule has 0 bridgehead atoms. The normalized spacial score (nSPS) is 15.8. The van der Waals surface area contributed by atoms with Gasteiger partial charge in [-0.05, 0) is 43.0 Å². The lowest BCUT2D eigenvalue weighted by Crippen LogP contribution is -2.12. The van der Waals surface area contributed by atoms with E-state index in [9.17, 15) is 0 Å². The van der Waals surface area contributed by atoms with Crippen LogP contribution in [-0.2, 0) is 0 Å². The van der Waals surface area contributed by atoms with Gasteiger partial charge in [-0.25, -0.2) is 0 Å². The summed E-state index contributed by atoms with van der Waals surface area (Å²) >= 11 is 0. The maximum absolute atomic E-state index is 4.52. The van der Waals surface area contributed by atoms with E-state index in [1.807, 2.05) is 6.21 Å². The molecule has 1 saturated heterocycles. The van der Waals surface area contributed by atoms with Gasteiger partial charge < -0.3 is 4.90 Å². The van der Waals surface area contributed by atoms with Gasteiger partial charge in [-0.2, -0.15) is 5.10 Å². The van der Waals surface area contributed by atoms with Crippen LogP contribution in [0.1, 0.15) is 24.0 Å². The first kappa shape index (κ1) is 12.0. The molecule has 0 aromatic heterocycles. The minimum absolute atomic E-state index is 1.10. The molecule has 1 aliphatic rings. The highest BCUT2D eigenvalue weighted by Crippen LogP contribution is 2.16. The number of anilines is 1. The SMILES string of the molecule is Cc1cc(N(C)C)ccc1C=NN1CCCC1. The largest absolute Gasteiger partial charge is 0.378 e. The van der Waals surface area contributed by atoms with Crippen LogP contribution in [0.25, 0.3) is 0 Å². The highest BCUT2D eigenvalue weighted by atomic mass is 15.5. The van der Waals surface area contributed by atoms with E-state index >= 15 is 0 Å². The molecule has 0 N–H and O–H groups in total. The number of hydrogen-bond acceptors (Lipinski definition) is 3. The smallest absolute Gasteiger partial charge is 0.0545 e. The summed E-state index contributed by atoms with van der Waals surface area (Å²) < 4.78 is 0. The summed E-state index contributed by atoms with van der Waals surface area (Å²) in [5.41, 5.74) is 3.72.